The monoisotopic (exact) mass is 846 g/mol. The molecule has 0 aliphatic carbocycles. The highest BCUT2D eigenvalue weighted by molar-refractivity contribution is 5.70. The molecule has 2 unspecified atom stereocenters. The quantitative estimate of drug-likeness (QED) is 0.0260. The van der Waals surface area contributed by atoms with Crippen LogP contribution in [0.4, 0.5) is 0 Å². The fourth-order valence-electron chi connectivity index (χ4n) is 7.44. The molecule has 0 aromatic rings. The first-order valence-electron chi connectivity index (χ1n) is 25.0. The highest BCUT2D eigenvalue weighted by Gasteiger charge is 2.25. The predicted octanol–water partition coefficient (Wildman–Crippen LogP) is 12.9. The van der Waals surface area contributed by atoms with E-state index in [9.17, 15) is 19.5 Å². The molecule has 0 aromatic heterocycles. The Bertz CT molecular complexity index is 1080. The van der Waals surface area contributed by atoms with Crippen molar-refractivity contribution in [3.63, 3.8) is 0 Å². The van der Waals surface area contributed by atoms with Crippen molar-refractivity contribution < 1.29 is 38.2 Å². The first kappa shape index (κ1) is 57.5. The number of likely N-dealkylation sites (N-methyl/N-ethyl adjacent to an activating group) is 1. The summed E-state index contributed by atoms with van der Waals surface area (Å²) in [5.41, 5.74) is 0. The number of carboxylic acid groups (broad SMARTS) is 1. The van der Waals surface area contributed by atoms with Crippen molar-refractivity contribution in [2.75, 3.05) is 41.0 Å². The molecule has 0 aromatic carbocycles. The second kappa shape index (κ2) is 43.2. The third-order valence-electron chi connectivity index (χ3n) is 11.3. The minimum atomic E-state index is -1.12. The van der Waals surface area contributed by atoms with E-state index in [2.05, 4.69) is 50.3 Å². The van der Waals surface area contributed by atoms with Crippen molar-refractivity contribution in [1.82, 2.24) is 0 Å². The zero-order chi connectivity index (χ0) is 44.2. The predicted molar refractivity (Wildman–Crippen MR) is 250 cm³/mol. The highest BCUT2D eigenvalue weighted by Crippen LogP contribution is 2.16. The van der Waals surface area contributed by atoms with E-state index in [1.807, 2.05) is 0 Å². The van der Waals surface area contributed by atoms with Crippen LogP contribution in [0.5, 0.6) is 0 Å². The lowest BCUT2D eigenvalue weighted by molar-refractivity contribution is -0.889. The molecule has 0 heterocycles. The minimum absolute atomic E-state index is 0.0416. The number of esters is 2. The van der Waals surface area contributed by atoms with Crippen molar-refractivity contribution in [3.05, 3.63) is 36.5 Å². The second-order valence-corrected chi connectivity index (χ2v) is 18.0. The Labute approximate surface area is 370 Å². The molecule has 0 bridgehead atoms. The summed E-state index contributed by atoms with van der Waals surface area (Å²) in [5.74, 6) is -1.73. The zero-order valence-corrected chi connectivity index (χ0v) is 39.9. The topological polar surface area (TPSA) is 102 Å². The summed E-state index contributed by atoms with van der Waals surface area (Å²) >= 11 is 0. The van der Waals surface area contributed by atoms with E-state index in [1.54, 1.807) is 21.1 Å². The number of hydrogen-bond donors (Lipinski definition) is 0. The Kier molecular flexibility index (Phi) is 41.4. The number of carbonyl (C=O) groups is 3. The van der Waals surface area contributed by atoms with E-state index in [0.717, 1.165) is 64.2 Å². The van der Waals surface area contributed by atoms with Crippen LogP contribution in [-0.2, 0) is 28.6 Å². The van der Waals surface area contributed by atoms with Crippen LogP contribution in [0.2, 0.25) is 0 Å². The van der Waals surface area contributed by atoms with Crippen LogP contribution in [0.25, 0.3) is 0 Å². The molecular formula is C52H95NO7. The standard InChI is InChI=1S/C52H95NO7/c1-6-8-10-12-14-16-18-20-22-24-25-27-29-31-33-35-37-39-41-43-51(55)60-48(46-58-45-44-49(52(56)57)53(3,4)5)47-59-50(54)42-40-38-36-34-32-30-28-26-23-21-19-17-15-13-11-9-7-2/h8,10,14,16,20,22,48-49H,6-7,9,11-13,15,17-19,21,23-47H2,1-5H3/b10-8+,16-14+,22-20+. The normalized spacial score (nSPS) is 13.2. The van der Waals surface area contributed by atoms with E-state index >= 15 is 0 Å². The number of nitrogens with zero attached hydrogens (tertiary/aromatic N) is 1. The number of ether oxygens (including phenoxy) is 3. The number of unbranched alkanes of at least 4 members (excludes halogenated alkanes) is 25. The number of rotatable bonds is 45. The van der Waals surface area contributed by atoms with Crippen LogP contribution >= 0.6 is 0 Å². The van der Waals surface area contributed by atoms with E-state index in [1.165, 1.54) is 128 Å². The molecule has 0 N–H and O–H groups in total. The number of aliphatic carboxylic acids is 1. The van der Waals surface area contributed by atoms with Gasteiger partial charge < -0.3 is 28.6 Å². The van der Waals surface area contributed by atoms with Gasteiger partial charge in [-0.05, 0) is 44.9 Å². The molecule has 0 aliphatic rings. The Morgan fingerprint density at radius 2 is 0.933 bits per heavy atom. The molecule has 350 valence electrons. The highest BCUT2D eigenvalue weighted by atomic mass is 16.6. The van der Waals surface area contributed by atoms with Crippen molar-refractivity contribution >= 4 is 17.9 Å². The van der Waals surface area contributed by atoms with Crippen molar-refractivity contribution in [3.8, 4) is 0 Å². The lowest BCUT2D eigenvalue weighted by Crippen LogP contribution is -2.55. The van der Waals surface area contributed by atoms with E-state index in [0.29, 0.717) is 12.8 Å². The molecular weight excluding hydrogens is 751 g/mol. The van der Waals surface area contributed by atoms with Gasteiger partial charge in [-0.1, -0.05) is 198 Å². The van der Waals surface area contributed by atoms with Crippen LogP contribution in [-0.4, -0.2) is 75.5 Å². The van der Waals surface area contributed by atoms with Crippen molar-refractivity contribution in [2.45, 2.75) is 238 Å². The first-order chi connectivity index (χ1) is 29.1. The molecule has 60 heavy (non-hydrogen) atoms. The Morgan fingerprint density at radius 1 is 0.517 bits per heavy atom. The Morgan fingerprint density at radius 3 is 1.38 bits per heavy atom. The molecule has 0 saturated heterocycles. The largest absolute Gasteiger partial charge is 0.544 e. The van der Waals surface area contributed by atoms with Gasteiger partial charge in [-0.2, -0.15) is 0 Å². The average Bonchev–Trinajstić information content (AvgIpc) is 3.21. The van der Waals surface area contributed by atoms with Gasteiger partial charge in [-0.3, -0.25) is 9.59 Å². The second-order valence-electron chi connectivity index (χ2n) is 18.0. The van der Waals surface area contributed by atoms with Crippen LogP contribution in [0.3, 0.4) is 0 Å². The maximum Gasteiger partial charge on any atom is 0.306 e. The Balaban J connectivity index is 4.25. The summed E-state index contributed by atoms with van der Waals surface area (Å²) < 4.78 is 17.2. The Hall–Kier alpha value is -2.45. The van der Waals surface area contributed by atoms with Crippen molar-refractivity contribution in [2.24, 2.45) is 0 Å². The van der Waals surface area contributed by atoms with Crippen LogP contribution < -0.4 is 5.11 Å². The molecule has 0 fully saturated rings. The molecule has 0 radical (unpaired) electrons. The molecule has 0 spiro atoms. The maximum absolute atomic E-state index is 12.8. The fourth-order valence-corrected chi connectivity index (χ4v) is 7.44. The van der Waals surface area contributed by atoms with Crippen LogP contribution in [0.1, 0.15) is 226 Å². The maximum atomic E-state index is 12.8. The average molecular weight is 846 g/mol. The third kappa shape index (κ3) is 40.9. The third-order valence-corrected chi connectivity index (χ3v) is 11.3. The molecule has 0 saturated carbocycles. The fraction of sp³-hybridized carbons (Fsp3) is 0.827. The molecule has 2 atom stereocenters. The summed E-state index contributed by atoms with van der Waals surface area (Å²) in [6, 6.07) is -0.725. The van der Waals surface area contributed by atoms with Gasteiger partial charge in [-0.25, -0.2) is 0 Å². The number of hydrogen-bond acceptors (Lipinski definition) is 7. The van der Waals surface area contributed by atoms with Crippen LogP contribution in [0.15, 0.2) is 36.5 Å². The number of allylic oxidation sites excluding steroid dienone is 6. The van der Waals surface area contributed by atoms with Gasteiger partial charge in [0, 0.05) is 19.3 Å². The van der Waals surface area contributed by atoms with Gasteiger partial charge in [0.25, 0.3) is 0 Å². The van der Waals surface area contributed by atoms with Gasteiger partial charge in [0.15, 0.2) is 6.10 Å². The smallest absolute Gasteiger partial charge is 0.306 e. The summed E-state index contributed by atoms with van der Waals surface area (Å²) in [6.45, 7) is 4.58. The zero-order valence-electron chi connectivity index (χ0n) is 39.9. The van der Waals surface area contributed by atoms with E-state index in [4.69, 9.17) is 14.2 Å². The summed E-state index contributed by atoms with van der Waals surface area (Å²) in [4.78, 5) is 37.0. The van der Waals surface area contributed by atoms with Crippen molar-refractivity contribution in [1.29, 1.82) is 0 Å². The molecule has 0 aliphatic heterocycles. The SMILES string of the molecule is CC/C=C/C/C=C/C/C=C/CCCCCCCCCCCC(=O)OC(COCCC(C(=O)[O-])[N+](C)(C)C)COC(=O)CCCCCCCCCCCCCCCCCCC. The molecule has 0 amide bonds. The van der Waals surface area contributed by atoms with Gasteiger partial charge in [0.2, 0.25) is 0 Å². The summed E-state index contributed by atoms with van der Waals surface area (Å²) in [6.07, 6.45) is 50.2. The van der Waals surface area contributed by atoms with Gasteiger partial charge >= 0.3 is 11.9 Å². The minimum Gasteiger partial charge on any atom is -0.544 e. The first-order valence-corrected chi connectivity index (χ1v) is 25.0. The molecule has 8 nitrogen and oxygen atoms in total. The van der Waals surface area contributed by atoms with Gasteiger partial charge in [0.1, 0.15) is 12.6 Å². The van der Waals surface area contributed by atoms with E-state index in [-0.39, 0.29) is 42.7 Å². The number of carboxylic acids is 1. The van der Waals surface area contributed by atoms with Gasteiger partial charge in [-0.15, -0.1) is 0 Å². The van der Waals surface area contributed by atoms with E-state index < -0.39 is 18.1 Å². The number of quaternary nitrogens is 1. The molecule has 0 rings (SSSR count). The lowest BCUT2D eigenvalue weighted by Gasteiger charge is -2.34. The number of carbonyl (C=O) groups excluding carboxylic acids is 3. The lowest BCUT2D eigenvalue weighted by atomic mass is 10.0. The summed E-state index contributed by atoms with van der Waals surface area (Å²) in [7, 11) is 5.42. The molecule has 8 heteroatoms. The summed E-state index contributed by atoms with van der Waals surface area (Å²) in [5, 5.41) is 11.7. The van der Waals surface area contributed by atoms with Gasteiger partial charge in [0.05, 0.1) is 40.3 Å². The van der Waals surface area contributed by atoms with Crippen LogP contribution in [0, 0.1) is 0 Å².